The van der Waals surface area contributed by atoms with Crippen LogP contribution in [0.1, 0.15) is 29.7 Å². The number of halogens is 2. The summed E-state index contributed by atoms with van der Waals surface area (Å²) >= 11 is 12.2. The van der Waals surface area contributed by atoms with Gasteiger partial charge in [0.25, 0.3) is 0 Å². The van der Waals surface area contributed by atoms with Crippen LogP contribution >= 0.6 is 23.2 Å². The van der Waals surface area contributed by atoms with Crippen LogP contribution in [0.5, 0.6) is 11.5 Å². The average Bonchev–Trinajstić information content (AvgIpc) is 2.75. The van der Waals surface area contributed by atoms with Crippen molar-refractivity contribution in [1.29, 1.82) is 0 Å². The third-order valence-corrected chi connectivity index (χ3v) is 5.14. The summed E-state index contributed by atoms with van der Waals surface area (Å²) in [5.74, 6) is 1.32. The number of rotatable bonds is 10. The van der Waals surface area contributed by atoms with Crippen molar-refractivity contribution >= 4 is 23.2 Å². The van der Waals surface area contributed by atoms with E-state index in [-0.39, 0.29) is 0 Å². The van der Waals surface area contributed by atoms with Crippen molar-refractivity contribution in [3.05, 3.63) is 93.5 Å². The summed E-state index contributed by atoms with van der Waals surface area (Å²) in [5.41, 5.74) is 2.78. The Labute approximate surface area is 187 Å². The maximum absolute atomic E-state index is 10.3. The van der Waals surface area contributed by atoms with Crippen molar-refractivity contribution in [2.45, 2.75) is 26.2 Å². The molecule has 0 spiro atoms. The van der Waals surface area contributed by atoms with Gasteiger partial charge in [-0.05, 0) is 42.3 Å². The summed E-state index contributed by atoms with van der Waals surface area (Å²) < 4.78 is 11.7. The Bertz CT molecular complexity index is 950. The molecule has 0 bridgehead atoms. The lowest BCUT2D eigenvalue weighted by molar-refractivity contribution is 0.174. The van der Waals surface area contributed by atoms with E-state index in [4.69, 9.17) is 32.7 Å². The van der Waals surface area contributed by atoms with Gasteiger partial charge >= 0.3 is 0 Å². The molecule has 0 radical (unpaired) electrons. The highest BCUT2D eigenvalue weighted by Gasteiger charge is 2.10. The van der Waals surface area contributed by atoms with E-state index in [0.29, 0.717) is 47.8 Å². The summed E-state index contributed by atoms with van der Waals surface area (Å²) in [6, 6.07) is 20.7. The van der Waals surface area contributed by atoms with Crippen molar-refractivity contribution in [3.63, 3.8) is 0 Å². The van der Waals surface area contributed by atoms with Crippen LogP contribution in [0.15, 0.2) is 66.7 Å². The van der Waals surface area contributed by atoms with Crippen molar-refractivity contribution in [2.75, 3.05) is 13.2 Å². The molecule has 0 unspecified atom stereocenters. The second-order valence-corrected chi connectivity index (χ2v) is 7.64. The van der Waals surface area contributed by atoms with E-state index in [2.05, 4.69) is 5.32 Å². The summed E-state index contributed by atoms with van der Waals surface area (Å²) in [5, 5.41) is 14.7. The maximum atomic E-state index is 10.3. The highest BCUT2D eigenvalue weighted by molar-refractivity contribution is 6.35. The lowest BCUT2D eigenvalue weighted by Crippen LogP contribution is -2.21. The second kappa shape index (κ2) is 11.2. The molecule has 3 rings (SSSR count). The monoisotopic (exact) mass is 445 g/mol. The van der Waals surface area contributed by atoms with Crippen LogP contribution in [0.2, 0.25) is 10.0 Å². The largest absolute Gasteiger partial charge is 0.490 e. The number of ether oxygens (including phenoxy) is 2. The fourth-order valence-corrected chi connectivity index (χ4v) is 3.45. The molecule has 158 valence electrons. The van der Waals surface area contributed by atoms with Crippen molar-refractivity contribution in [2.24, 2.45) is 0 Å². The molecule has 0 fully saturated rings. The SMILES string of the molecule is CCOc1cc(CNC[C@H](O)c2ccccc2)ccc1OCc1ccc(Cl)cc1Cl. The molecule has 0 saturated carbocycles. The molecule has 0 saturated heterocycles. The number of benzene rings is 3. The smallest absolute Gasteiger partial charge is 0.161 e. The first-order valence-electron chi connectivity index (χ1n) is 9.83. The predicted octanol–water partition coefficient (Wildman–Crippen LogP) is 5.79. The zero-order valence-corrected chi connectivity index (χ0v) is 18.3. The molecule has 0 aliphatic rings. The second-order valence-electron chi connectivity index (χ2n) is 6.80. The van der Waals surface area contributed by atoms with E-state index in [1.165, 1.54) is 0 Å². The van der Waals surface area contributed by atoms with E-state index >= 15 is 0 Å². The van der Waals surface area contributed by atoms with Gasteiger partial charge in [-0.15, -0.1) is 0 Å². The van der Waals surface area contributed by atoms with E-state index in [1.54, 1.807) is 12.1 Å². The van der Waals surface area contributed by atoms with E-state index in [9.17, 15) is 5.11 Å². The predicted molar refractivity (Wildman–Crippen MR) is 122 cm³/mol. The highest BCUT2D eigenvalue weighted by Crippen LogP contribution is 2.30. The van der Waals surface area contributed by atoms with Gasteiger partial charge in [-0.25, -0.2) is 0 Å². The van der Waals surface area contributed by atoms with Crippen LogP contribution in [-0.4, -0.2) is 18.3 Å². The summed E-state index contributed by atoms with van der Waals surface area (Å²) in [6.45, 7) is 3.84. The van der Waals surface area contributed by atoms with Crippen LogP contribution < -0.4 is 14.8 Å². The number of hydrogen-bond acceptors (Lipinski definition) is 4. The lowest BCUT2D eigenvalue weighted by atomic mass is 10.1. The van der Waals surface area contributed by atoms with E-state index in [0.717, 1.165) is 16.7 Å². The molecular formula is C24H25Cl2NO3. The number of nitrogens with one attached hydrogen (secondary N) is 1. The standard InChI is InChI=1S/C24H25Cl2NO3/c1-2-29-24-12-17(14-27-15-22(28)18-6-4-3-5-7-18)8-11-23(24)30-16-19-9-10-20(25)13-21(19)26/h3-13,22,27-28H,2,14-16H2,1H3/t22-/m0/s1. The fraction of sp³-hybridized carbons (Fsp3) is 0.250. The first-order valence-corrected chi connectivity index (χ1v) is 10.6. The molecule has 0 heterocycles. The Morgan fingerprint density at radius 1 is 0.933 bits per heavy atom. The third kappa shape index (κ3) is 6.38. The van der Waals surface area contributed by atoms with Crippen LogP contribution in [0.4, 0.5) is 0 Å². The zero-order chi connectivity index (χ0) is 21.3. The number of aliphatic hydroxyl groups is 1. The van der Waals surface area contributed by atoms with Crippen molar-refractivity contribution < 1.29 is 14.6 Å². The third-order valence-electron chi connectivity index (χ3n) is 4.56. The van der Waals surface area contributed by atoms with Gasteiger partial charge in [-0.3, -0.25) is 0 Å². The normalized spacial score (nSPS) is 11.9. The van der Waals surface area contributed by atoms with Crippen LogP contribution in [0, 0.1) is 0 Å². The van der Waals surface area contributed by atoms with Gasteiger partial charge in [-0.2, -0.15) is 0 Å². The van der Waals surface area contributed by atoms with Gasteiger partial charge < -0.3 is 19.9 Å². The summed E-state index contributed by atoms with van der Waals surface area (Å²) in [7, 11) is 0. The molecule has 2 N–H and O–H groups in total. The average molecular weight is 446 g/mol. The van der Waals surface area contributed by atoms with Crippen molar-refractivity contribution in [3.8, 4) is 11.5 Å². The lowest BCUT2D eigenvalue weighted by Gasteiger charge is -2.15. The first kappa shape index (κ1) is 22.4. The molecular weight excluding hydrogens is 421 g/mol. The Hall–Kier alpha value is -2.24. The molecule has 3 aromatic rings. The number of hydrogen-bond donors (Lipinski definition) is 2. The fourth-order valence-electron chi connectivity index (χ4n) is 2.99. The molecule has 0 amide bonds. The van der Waals surface area contributed by atoms with Crippen LogP contribution in [0.25, 0.3) is 0 Å². The molecule has 30 heavy (non-hydrogen) atoms. The Balaban J connectivity index is 1.60. The zero-order valence-electron chi connectivity index (χ0n) is 16.8. The van der Waals surface area contributed by atoms with Gasteiger partial charge in [-0.1, -0.05) is 65.7 Å². The molecule has 0 aliphatic carbocycles. The molecule has 0 aromatic heterocycles. The minimum Gasteiger partial charge on any atom is -0.490 e. The van der Waals surface area contributed by atoms with Crippen molar-refractivity contribution in [1.82, 2.24) is 5.32 Å². The minimum absolute atomic E-state index is 0.316. The number of aliphatic hydroxyl groups excluding tert-OH is 1. The van der Waals surface area contributed by atoms with Gasteiger partial charge in [0.2, 0.25) is 0 Å². The van der Waals surface area contributed by atoms with Gasteiger partial charge in [0.15, 0.2) is 11.5 Å². The van der Waals surface area contributed by atoms with E-state index in [1.807, 2.05) is 61.5 Å². The summed E-state index contributed by atoms with van der Waals surface area (Å²) in [4.78, 5) is 0. The Morgan fingerprint density at radius 2 is 1.73 bits per heavy atom. The summed E-state index contributed by atoms with van der Waals surface area (Å²) in [6.07, 6.45) is -0.552. The quantitative estimate of drug-likeness (QED) is 0.414. The Kier molecular flexibility index (Phi) is 8.40. The molecule has 0 aliphatic heterocycles. The highest BCUT2D eigenvalue weighted by atomic mass is 35.5. The van der Waals surface area contributed by atoms with Gasteiger partial charge in [0.1, 0.15) is 6.61 Å². The maximum Gasteiger partial charge on any atom is 0.161 e. The van der Waals surface area contributed by atoms with Gasteiger partial charge in [0.05, 0.1) is 12.7 Å². The Morgan fingerprint density at radius 3 is 2.47 bits per heavy atom. The topological polar surface area (TPSA) is 50.7 Å². The molecule has 1 atom stereocenters. The van der Waals surface area contributed by atoms with Crippen LogP contribution in [-0.2, 0) is 13.2 Å². The van der Waals surface area contributed by atoms with Crippen LogP contribution in [0.3, 0.4) is 0 Å². The molecule has 3 aromatic carbocycles. The van der Waals surface area contributed by atoms with Gasteiger partial charge in [0, 0.05) is 28.7 Å². The minimum atomic E-state index is -0.552. The molecule has 6 heteroatoms. The molecule has 4 nitrogen and oxygen atoms in total. The first-order chi connectivity index (χ1) is 14.6. The van der Waals surface area contributed by atoms with E-state index < -0.39 is 6.10 Å².